The van der Waals surface area contributed by atoms with E-state index in [1.54, 1.807) is 20.8 Å². The molecule has 0 saturated heterocycles. The summed E-state index contributed by atoms with van der Waals surface area (Å²) in [6.45, 7) is 5.43. The number of imide groups is 2. The Kier molecular flexibility index (Phi) is 10.0. The molecule has 2 aliphatic heterocycles. The van der Waals surface area contributed by atoms with Crippen LogP contribution in [0, 0.1) is 6.92 Å². The molecule has 284 valence electrons. The summed E-state index contributed by atoms with van der Waals surface area (Å²) >= 11 is 0. The van der Waals surface area contributed by atoms with E-state index in [0.717, 1.165) is 9.80 Å². The standard InChI is InChI=1S/C43H30N2O12/c1-4-44-36(46)31-17-10-26(21-33(31)38(44)48)42(52)54-28-12-6-24(7-13-28)40(50)56-30-16-19-35(23(3)20-30)57-41(51)25-8-14-29(15-9-25)55-43(53)27-11-18-32-34(22-27)39(49)45(5-2)37(32)47/h6-22H,4-5H2,1-3H3. The van der Waals surface area contributed by atoms with E-state index < -0.39 is 47.5 Å². The van der Waals surface area contributed by atoms with Crippen LogP contribution >= 0.6 is 0 Å². The molecule has 0 spiro atoms. The van der Waals surface area contributed by atoms with Gasteiger partial charge in [0.2, 0.25) is 0 Å². The summed E-state index contributed by atoms with van der Waals surface area (Å²) in [4.78, 5) is 103. The van der Waals surface area contributed by atoms with Crippen LogP contribution in [-0.2, 0) is 0 Å². The van der Waals surface area contributed by atoms with Crippen LogP contribution in [-0.4, -0.2) is 70.4 Å². The number of fused-ring (bicyclic) bond motifs is 2. The molecule has 2 aliphatic rings. The number of amides is 4. The molecule has 7 rings (SSSR count). The fraction of sp³-hybridized carbons (Fsp3) is 0.116. The molecule has 0 radical (unpaired) electrons. The molecule has 0 bridgehead atoms. The van der Waals surface area contributed by atoms with E-state index in [4.69, 9.17) is 18.9 Å². The zero-order valence-electron chi connectivity index (χ0n) is 30.5. The van der Waals surface area contributed by atoms with Crippen molar-refractivity contribution in [3.8, 4) is 23.0 Å². The van der Waals surface area contributed by atoms with Crippen LogP contribution in [0.15, 0.2) is 103 Å². The van der Waals surface area contributed by atoms with Gasteiger partial charge in [0.05, 0.1) is 44.5 Å². The highest BCUT2D eigenvalue weighted by atomic mass is 16.5. The molecule has 0 aliphatic carbocycles. The minimum absolute atomic E-state index is 0.0783. The smallest absolute Gasteiger partial charge is 0.343 e. The second kappa shape index (κ2) is 15.2. The van der Waals surface area contributed by atoms with Crippen LogP contribution in [0.5, 0.6) is 23.0 Å². The topological polar surface area (TPSA) is 180 Å². The van der Waals surface area contributed by atoms with Gasteiger partial charge in [0.25, 0.3) is 23.6 Å². The average Bonchev–Trinajstić information content (AvgIpc) is 3.61. The third-order valence-electron chi connectivity index (χ3n) is 9.21. The molecule has 5 aromatic rings. The van der Waals surface area contributed by atoms with Crippen LogP contribution in [0.1, 0.15) is 102 Å². The Morgan fingerprint density at radius 2 is 0.772 bits per heavy atom. The quantitative estimate of drug-likeness (QED) is 0.0907. The van der Waals surface area contributed by atoms with Gasteiger partial charge in [0, 0.05) is 13.1 Å². The predicted molar refractivity (Wildman–Crippen MR) is 199 cm³/mol. The van der Waals surface area contributed by atoms with Gasteiger partial charge in [-0.05, 0) is 129 Å². The largest absolute Gasteiger partial charge is 0.423 e. The SMILES string of the molecule is CCN1C(=O)c2ccc(C(=O)Oc3ccc(C(=O)Oc4ccc(OC(=O)c5ccc(OC(=O)c6ccc7c(c6)C(=O)N(CC)C7=O)cc5)c(C)c4)cc3)cc2C1=O. The van der Waals surface area contributed by atoms with E-state index >= 15 is 0 Å². The Bertz CT molecular complexity index is 2560. The lowest BCUT2D eigenvalue weighted by Crippen LogP contribution is -2.29. The molecular formula is C43H30N2O12. The molecular weight excluding hydrogens is 736 g/mol. The lowest BCUT2D eigenvalue weighted by Gasteiger charge is -2.11. The molecule has 0 fully saturated rings. The second-order valence-corrected chi connectivity index (χ2v) is 12.8. The number of hydrogen-bond donors (Lipinski definition) is 0. The summed E-state index contributed by atoms with van der Waals surface area (Å²) < 4.78 is 21.8. The predicted octanol–water partition coefficient (Wildman–Crippen LogP) is 6.10. The number of rotatable bonds is 10. The zero-order chi connectivity index (χ0) is 40.5. The molecule has 5 aromatic carbocycles. The molecule has 2 heterocycles. The van der Waals surface area contributed by atoms with Crippen molar-refractivity contribution in [2.24, 2.45) is 0 Å². The van der Waals surface area contributed by atoms with Crippen molar-refractivity contribution in [1.82, 2.24) is 9.80 Å². The zero-order valence-corrected chi connectivity index (χ0v) is 30.5. The van der Waals surface area contributed by atoms with Crippen molar-refractivity contribution >= 4 is 47.5 Å². The summed E-state index contributed by atoms with van der Waals surface area (Å²) in [7, 11) is 0. The Hall–Kier alpha value is -7.74. The molecule has 57 heavy (non-hydrogen) atoms. The molecule has 14 heteroatoms. The first-order valence-electron chi connectivity index (χ1n) is 17.6. The minimum Gasteiger partial charge on any atom is -0.423 e. The van der Waals surface area contributed by atoms with E-state index in [2.05, 4.69) is 0 Å². The number of hydrogen-bond acceptors (Lipinski definition) is 12. The number of benzene rings is 5. The van der Waals surface area contributed by atoms with E-state index in [1.807, 2.05) is 0 Å². The fourth-order valence-corrected chi connectivity index (χ4v) is 6.18. The third kappa shape index (κ3) is 7.26. The van der Waals surface area contributed by atoms with E-state index in [0.29, 0.717) is 5.56 Å². The minimum atomic E-state index is -0.756. The van der Waals surface area contributed by atoms with Crippen LogP contribution in [0.3, 0.4) is 0 Å². The van der Waals surface area contributed by atoms with Crippen molar-refractivity contribution in [3.63, 3.8) is 0 Å². The van der Waals surface area contributed by atoms with Crippen molar-refractivity contribution in [2.75, 3.05) is 13.1 Å². The third-order valence-corrected chi connectivity index (χ3v) is 9.21. The molecule has 4 amide bonds. The second-order valence-electron chi connectivity index (χ2n) is 12.8. The number of carbonyl (C=O) groups excluding carboxylic acids is 8. The fourth-order valence-electron chi connectivity index (χ4n) is 6.18. The molecule has 0 atom stereocenters. The monoisotopic (exact) mass is 766 g/mol. The average molecular weight is 767 g/mol. The Balaban J connectivity index is 0.917. The van der Waals surface area contributed by atoms with Gasteiger partial charge >= 0.3 is 23.9 Å². The first kappa shape index (κ1) is 37.6. The first-order chi connectivity index (χ1) is 27.4. The number of esters is 4. The Morgan fingerprint density at radius 3 is 1.19 bits per heavy atom. The van der Waals surface area contributed by atoms with Gasteiger partial charge < -0.3 is 18.9 Å². The molecule has 0 unspecified atom stereocenters. The maximum absolute atomic E-state index is 12.9. The Morgan fingerprint density at radius 1 is 0.421 bits per heavy atom. The van der Waals surface area contributed by atoms with Gasteiger partial charge in [0.15, 0.2) is 0 Å². The van der Waals surface area contributed by atoms with E-state index in [9.17, 15) is 38.4 Å². The normalized spacial score (nSPS) is 13.0. The maximum Gasteiger partial charge on any atom is 0.343 e. The van der Waals surface area contributed by atoms with Gasteiger partial charge in [-0.25, -0.2) is 19.2 Å². The number of ether oxygens (including phenoxy) is 4. The van der Waals surface area contributed by atoms with E-state index in [-0.39, 0.29) is 80.6 Å². The van der Waals surface area contributed by atoms with E-state index in [1.165, 1.54) is 103 Å². The number of aryl methyl sites for hydroxylation is 1. The molecule has 0 saturated carbocycles. The Labute approximate surface area is 324 Å². The van der Waals surface area contributed by atoms with Crippen molar-refractivity contribution < 1.29 is 57.3 Å². The van der Waals surface area contributed by atoms with Crippen molar-refractivity contribution in [1.29, 1.82) is 0 Å². The summed E-state index contributed by atoms with van der Waals surface area (Å²) in [5.41, 5.74) is 1.64. The van der Waals surface area contributed by atoms with Gasteiger partial charge in [-0.15, -0.1) is 0 Å². The van der Waals surface area contributed by atoms with Crippen LogP contribution in [0.2, 0.25) is 0 Å². The highest BCUT2D eigenvalue weighted by molar-refractivity contribution is 6.22. The van der Waals surface area contributed by atoms with Gasteiger partial charge in [-0.2, -0.15) is 0 Å². The van der Waals surface area contributed by atoms with Gasteiger partial charge in [-0.1, -0.05) is 0 Å². The maximum atomic E-state index is 12.9. The van der Waals surface area contributed by atoms with Crippen LogP contribution in [0.4, 0.5) is 0 Å². The lowest BCUT2D eigenvalue weighted by molar-refractivity contribution is 0.0647. The molecule has 14 nitrogen and oxygen atoms in total. The van der Waals surface area contributed by atoms with Crippen LogP contribution in [0.25, 0.3) is 0 Å². The summed E-state index contributed by atoms with van der Waals surface area (Å²) in [6.07, 6.45) is 0. The van der Waals surface area contributed by atoms with Crippen molar-refractivity contribution in [2.45, 2.75) is 20.8 Å². The summed E-state index contributed by atoms with van der Waals surface area (Å²) in [6, 6.07) is 23.9. The molecule has 0 aromatic heterocycles. The highest BCUT2D eigenvalue weighted by Gasteiger charge is 2.36. The summed E-state index contributed by atoms with van der Waals surface area (Å²) in [5, 5.41) is 0. The number of carbonyl (C=O) groups is 8. The first-order valence-corrected chi connectivity index (χ1v) is 17.6. The van der Waals surface area contributed by atoms with Crippen molar-refractivity contribution in [3.05, 3.63) is 153 Å². The van der Waals surface area contributed by atoms with Crippen LogP contribution < -0.4 is 18.9 Å². The van der Waals surface area contributed by atoms with Gasteiger partial charge in [0.1, 0.15) is 23.0 Å². The van der Waals surface area contributed by atoms with Gasteiger partial charge in [-0.3, -0.25) is 29.0 Å². The highest BCUT2D eigenvalue weighted by Crippen LogP contribution is 2.28. The number of nitrogens with zero attached hydrogens (tertiary/aromatic N) is 2. The summed E-state index contributed by atoms with van der Waals surface area (Å²) in [5.74, 6) is -4.09. The lowest BCUT2D eigenvalue weighted by atomic mass is 10.1. The molecule has 0 N–H and O–H groups in total.